The molecule has 9 heteroatoms. The van der Waals surface area contributed by atoms with Crippen LogP contribution in [0.15, 0.2) is 12.1 Å². The largest absolute Gasteiger partial charge is 0.419 e. The fourth-order valence-corrected chi connectivity index (χ4v) is 2.80. The molecule has 1 unspecified atom stereocenters. The first kappa shape index (κ1) is 15.4. The van der Waals surface area contributed by atoms with Crippen molar-refractivity contribution >= 4 is 17.7 Å². The van der Waals surface area contributed by atoms with Gasteiger partial charge in [-0.05, 0) is 24.1 Å². The van der Waals surface area contributed by atoms with Gasteiger partial charge in [0.05, 0.1) is 5.56 Å². The van der Waals surface area contributed by atoms with E-state index >= 15 is 0 Å². The van der Waals surface area contributed by atoms with Crippen LogP contribution in [0.3, 0.4) is 0 Å². The molecule has 2 heterocycles. The minimum atomic E-state index is -4.92. The van der Waals surface area contributed by atoms with Crippen LogP contribution in [0, 0.1) is 5.82 Å². The molecule has 1 saturated heterocycles. The molecule has 0 radical (unpaired) electrons. The summed E-state index contributed by atoms with van der Waals surface area (Å²) in [5.74, 6) is -3.39. The third-order valence-corrected chi connectivity index (χ3v) is 3.92. The molecule has 0 saturated carbocycles. The zero-order valence-electron chi connectivity index (χ0n) is 11.5. The minimum Gasteiger partial charge on any atom is -0.322 e. The number of benzene rings is 1. The van der Waals surface area contributed by atoms with Gasteiger partial charge in [0, 0.05) is 18.5 Å². The van der Waals surface area contributed by atoms with E-state index in [1.807, 2.05) is 0 Å². The summed E-state index contributed by atoms with van der Waals surface area (Å²) in [5.41, 5.74) is -1.71. The molecule has 5 nitrogen and oxygen atoms in total. The Bertz CT molecular complexity index is 729. The summed E-state index contributed by atoms with van der Waals surface area (Å²) in [6, 6.07) is 0.186. The third-order valence-electron chi connectivity index (χ3n) is 3.92. The maximum Gasteiger partial charge on any atom is 0.419 e. The van der Waals surface area contributed by atoms with Gasteiger partial charge in [-0.3, -0.25) is 19.7 Å². The fraction of sp³-hybridized carbons (Fsp3) is 0.357. The van der Waals surface area contributed by atoms with Crippen molar-refractivity contribution in [3.63, 3.8) is 0 Å². The number of carbonyl (C=O) groups excluding carboxylic acids is 3. The molecule has 1 N–H and O–H groups in total. The first-order valence-electron chi connectivity index (χ1n) is 6.73. The van der Waals surface area contributed by atoms with E-state index in [1.165, 1.54) is 0 Å². The summed E-state index contributed by atoms with van der Waals surface area (Å²) >= 11 is 0. The van der Waals surface area contributed by atoms with E-state index in [-0.39, 0.29) is 30.5 Å². The molecule has 3 amide bonds. The van der Waals surface area contributed by atoms with Crippen LogP contribution in [0.1, 0.15) is 34.3 Å². The maximum atomic E-state index is 13.6. The molecule has 0 aromatic heterocycles. The number of alkyl halides is 3. The average Bonchev–Trinajstić information content (AvgIpc) is 2.73. The number of nitrogens with one attached hydrogen (secondary N) is 1. The standard InChI is InChI=1S/C14H10F4N2O3/c15-9-3-6-5-20(10-1-2-11(21)19-12(10)22)13(23)7(6)4-8(9)14(16,17)18/h3-4,10H,1-2,5H2,(H,19,21,22). The lowest BCUT2D eigenvalue weighted by Crippen LogP contribution is -2.52. The second-order valence-electron chi connectivity index (χ2n) is 5.39. The molecule has 0 aliphatic carbocycles. The van der Waals surface area contributed by atoms with Gasteiger partial charge in [-0.2, -0.15) is 13.2 Å². The second-order valence-corrected chi connectivity index (χ2v) is 5.39. The van der Waals surface area contributed by atoms with Gasteiger partial charge in [-0.15, -0.1) is 0 Å². The lowest BCUT2D eigenvalue weighted by atomic mass is 10.0. The highest BCUT2D eigenvalue weighted by atomic mass is 19.4. The number of fused-ring (bicyclic) bond motifs is 1. The molecule has 1 aromatic carbocycles. The summed E-state index contributed by atoms with van der Waals surface area (Å²) in [7, 11) is 0. The van der Waals surface area contributed by atoms with E-state index in [9.17, 15) is 31.9 Å². The molecular weight excluding hydrogens is 320 g/mol. The maximum absolute atomic E-state index is 13.6. The van der Waals surface area contributed by atoms with E-state index < -0.39 is 41.3 Å². The number of carbonyl (C=O) groups is 3. The molecule has 0 bridgehead atoms. The number of halogens is 4. The lowest BCUT2D eigenvalue weighted by molar-refractivity contribution is -0.140. The number of piperidine rings is 1. The first-order valence-corrected chi connectivity index (χ1v) is 6.73. The number of hydrogen-bond acceptors (Lipinski definition) is 3. The number of amides is 3. The zero-order valence-corrected chi connectivity index (χ0v) is 11.5. The van der Waals surface area contributed by atoms with E-state index in [0.717, 1.165) is 4.90 Å². The number of imide groups is 1. The van der Waals surface area contributed by atoms with Gasteiger partial charge in [-0.1, -0.05) is 0 Å². The van der Waals surface area contributed by atoms with Crippen LogP contribution in [0.4, 0.5) is 17.6 Å². The third kappa shape index (κ3) is 2.55. The fourth-order valence-electron chi connectivity index (χ4n) is 2.80. The van der Waals surface area contributed by atoms with Crippen molar-refractivity contribution in [2.45, 2.75) is 31.6 Å². The highest BCUT2D eigenvalue weighted by molar-refractivity contribution is 6.05. The molecule has 1 aromatic rings. The van der Waals surface area contributed by atoms with Gasteiger partial charge in [0.25, 0.3) is 5.91 Å². The number of rotatable bonds is 1. The van der Waals surface area contributed by atoms with Gasteiger partial charge in [0.15, 0.2) is 0 Å². The Balaban J connectivity index is 1.94. The summed E-state index contributed by atoms with van der Waals surface area (Å²) in [5, 5.41) is 2.07. The van der Waals surface area contributed by atoms with Crippen LogP contribution in [0.25, 0.3) is 0 Å². The molecule has 23 heavy (non-hydrogen) atoms. The van der Waals surface area contributed by atoms with Gasteiger partial charge in [-0.25, -0.2) is 4.39 Å². The van der Waals surface area contributed by atoms with Crippen molar-refractivity contribution in [2.75, 3.05) is 0 Å². The number of hydrogen-bond donors (Lipinski definition) is 1. The molecule has 122 valence electrons. The molecule has 2 aliphatic rings. The molecular formula is C14H10F4N2O3. The summed E-state index contributed by atoms with van der Waals surface area (Å²) < 4.78 is 51.8. The molecule has 0 spiro atoms. The van der Waals surface area contributed by atoms with Crippen molar-refractivity contribution < 1.29 is 31.9 Å². The molecule has 3 rings (SSSR count). The van der Waals surface area contributed by atoms with Crippen molar-refractivity contribution in [3.8, 4) is 0 Å². The zero-order chi connectivity index (χ0) is 16.9. The molecule has 2 aliphatic heterocycles. The topological polar surface area (TPSA) is 66.5 Å². The Morgan fingerprint density at radius 2 is 1.87 bits per heavy atom. The lowest BCUT2D eigenvalue weighted by Gasteiger charge is -2.29. The summed E-state index contributed by atoms with van der Waals surface area (Å²) in [4.78, 5) is 36.3. The van der Waals surface area contributed by atoms with Crippen molar-refractivity contribution in [1.82, 2.24) is 10.2 Å². The normalized spacial score (nSPS) is 21.5. The van der Waals surface area contributed by atoms with E-state index in [1.54, 1.807) is 0 Å². The highest BCUT2D eigenvalue weighted by Crippen LogP contribution is 2.36. The quantitative estimate of drug-likeness (QED) is 0.628. The molecule has 1 fully saturated rings. The summed E-state index contributed by atoms with van der Waals surface area (Å²) in [6.07, 6.45) is -4.81. The monoisotopic (exact) mass is 330 g/mol. The van der Waals surface area contributed by atoms with Crippen LogP contribution >= 0.6 is 0 Å². The first-order chi connectivity index (χ1) is 10.7. The number of nitrogens with zero attached hydrogens (tertiary/aromatic N) is 1. The van der Waals surface area contributed by atoms with Crippen LogP contribution in [-0.4, -0.2) is 28.7 Å². The predicted molar refractivity (Wildman–Crippen MR) is 67.4 cm³/mol. The summed E-state index contributed by atoms with van der Waals surface area (Å²) in [6.45, 7) is -0.171. The Labute approximate surface area is 127 Å². The predicted octanol–water partition coefficient (Wildman–Crippen LogP) is 1.61. The molecule has 1 atom stereocenters. The Morgan fingerprint density at radius 3 is 2.48 bits per heavy atom. The average molecular weight is 330 g/mol. The van der Waals surface area contributed by atoms with Crippen LogP contribution in [0.5, 0.6) is 0 Å². The van der Waals surface area contributed by atoms with Gasteiger partial charge in [0.1, 0.15) is 11.9 Å². The Hall–Kier alpha value is -2.45. The van der Waals surface area contributed by atoms with Crippen LogP contribution in [-0.2, 0) is 22.3 Å². The van der Waals surface area contributed by atoms with Crippen molar-refractivity contribution in [2.24, 2.45) is 0 Å². The van der Waals surface area contributed by atoms with Gasteiger partial charge >= 0.3 is 6.18 Å². The van der Waals surface area contributed by atoms with Gasteiger partial charge < -0.3 is 4.90 Å². The second kappa shape index (κ2) is 5.04. The Kier molecular flexibility index (Phi) is 3.38. The van der Waals surface area contributed by atoms with Crippen molar-refractivity contribution in [1.29, 1.82) is 0 Å². The van der Waals surface area contributed by atoms with Gasteiger partial charge in [0.2, 0.25) is 11.8 Å². The minimum absolute atomic E-state index is 0.0265. The van der Waals surface area contributed by atoms with E-state index in [4.69, 9.17) is 0 Å². The Morgan fingerprint density at radius 1 is 1.17 bits per heavy atom. The van der Waals surface area contributed by atoms with Crippen LogP contribution < -0.4 is 5.32 Å². The van der Waals surface area contributed by atoms with Crippen molar-refractivity contribution in [3.05, 3.63) is 34.6 Å². The van der Waals surface area contributed by atoms with E-state index in [0.29, 0.717) is 12.1 Å². The van der Waals surface area contributed by atoms with Crippen LogP contribution in [0.2, 0.25) is 0 Å². The SMILES string of the molecule is O=C1CCC(N2Cc3cc(F)c(C(F)(F)F)cc3C2=O)C(=O)N1. The highest BCUT2D eigenvalue weighted by Gasteiger charge is 2.42. The van der Waals surface area contributed by atoms with E-state index in [2.05, 4.69) is 5.32 Å². The smallest absolute Gasteiger partial charge is 0.322 e.